The molecule has 1 fully saturated rings. The van der Waals surface area contributed by atoms with Gasteiger partial charge in [-0.25, -0.2) is 0 Å². The van der Waals surface area contributed by atoms with Crippen LogP contribution in [0.15, 0.2) is 18.2 Å². The van der Waals surface area contributed by atoms with Gasteiger partial charge in [-0.2, -0.15) is 13.2 Å². The van der Waals surface area contributed by atoms with Crippen LogP contribution in [0, 0.1) is 11.8 Å². The Morgan fingerprint density at radius 3 is 2.38 bits per heavy atom. The van der Waals surface area contributed by atoms with E-state index >= 15 is 0 Å². The highest BCUT2D eigenvalue weighted by Crippen LogP contribution is 2.39. The predicted molar refractivity (Wildman–Crippen MR) is 73.2 cm³/mol. The molecule has 1 amide bonds. The summed E-state index contributed by atoms with van der Waals surface area (Å²) in [6, 6.07) is 4.23. The molecule has 21 heavy (non-hydrogen) atoms. The van der Waals surface area contributed by atoms with E-state index in [0.29, 0.717) is 5.69 Å². The first kappa shape index (κ1) is 15.9. The Bertz CT molecular complexity index is 525. The van der Waals surface area contributed by atoms with Crippen LogP contribution in [0.2, 0.25) is 5.02 Å². The molecule has 0 heterocycles. The van der Waals surface area contributed by atoms with Crippen molar-refractivity contribution in [3.05, 3.63) is 23.2 Å². The molecule has 0 atom stereocenters. The fourth-order valence-corrected chi connectivity index (χ4v) is 2.69. The summed E-state index contributed by atoms with van der Waals surface area (Å²) in [5, 5.41) is 12.0. The summed E-state index contributed by atoms with van der Waals surface area (Å²) in [5.41, 5.74) is 0.417. The molecule has 0 spiro atoms. The maximum absolute atomic E-state index is 12.6. The van der Waals surface area contributed by atoms with Crippen LogP contribution >= 0.6 is 11.6 Å². The summed E-state index contributed by atoms with van der Waals surface area (Å²) in [6.07, 6.45) is -3.76. The van der Waals surface area contributed by atoms with Gasteiger partial charge in [-0.05, 0) is 43.9 Å². The Balaban J connectivity index is 1.92. The van der Waals surface area contributed by atoms with Gasteiger partial charge in [0.2, 0.25) is 5.91 Å². The van der Waals surface area contributed by atoms with Crippen molar-refractivity contribution in [3.8, 4) is 5.75 Å². The molecule has 1 aromatic carbocycles. The zero-order valence-corrected chi connectivity index (χ0v) is 11.8. The lowest BCUT2D eigenvalue weighted by atomic mass is 9.81. The van der Waals surface area contributed by atoms with Gasteiger partial charge in [0.25, 0.3) is 0 Å². The van der Waals surface area contributed by atoms with Gasteiger partial charge in [0, 0.05) is 11.6 Å². The molecule has 1 saturated carbocycles. The number of carbonyl (C=O) groups excluding carboxylic acids is 1. The van der Waals surface area contributed by atoms with E-state index < -0.39 is 18.0 Å². The number of amides is 1. The molecule has 0 aliphatic heterocycles. The van der Waals surface area contributed by atoms with Crippen LogP contribution in [0.5, 0.6) is 5.75 Å². The van der Waals surface area contributed by atoms with Gasteiger partial charge in [-0.1, -0.05) is 11.6 Å². The number of anilines is 1. The molecule has 0 aromatic heterocycles. The summed E-state index contributed by atoms with van der Waals surface area (Å²) in [6.45, 7) is 0. The van der Waals surface area contributed by atoms with Gasteiger partial charge in [0.1, 0.15) is 5.75 Å². The second-order valence-corrected chi connectivity index (χ2v) is 5.65. The fourth-order valence-electron chi connectivity index (χ4n) is 2.51. The summed E-state index contributed by atoms with van der Waals surface area (Å²) in [4.78, 5) is 12.0. The number of aromatic hydroxyl groups is 1. The number of carbonyl (C=O) groups is 1. The monoisotopic (exact) mass is 321 g/mol. The van der Waals surface area contributed by atoms with Crippen LogP contribution in [0.25, 0.3) is 0 Å². The van der Waals surface area contributed by atoms with Gasteiger partial charge >= 0.3 is 6.18 Å². The first-order valence-corrected chi connectivity index (χ1v) is 7.01. The molecule has 1 aliphatic carbocycles. The molecular weight excluding hydrogens is 307 g/mol. The van der Waals surface area contributed by atoms with E-state index in [4.69, 9.17) is 11.6 Å². The Kier molecular flexibility index (Phi) is 4.66. The van der Waals surface area contributed by atoms with Crippen molar-refractivity contribution in [1.29, 1.82) is 0 Å². The molecule has 1 aliphatic rings. The van der Waals surface area contributed by atoms with E-state index in [-0.39, 0.29) is 42.4 Å². The first-order valence-electron chi connectivity index (χ1n) is 6.63. The van der Waals surface area contributed by atoms with Crippen LogP contribution in [0.4, 0.5) is 18.9 Å². The van der Waals surface area contributed by atoms with Crippen LogP contribution in [-0.4, -0.2) is 17.2 Å². The van der Waals surface area contributed by atoms with Crippen LogP contribution < -0.4 is 5.32 Å². The minimum atomic E-state index is -4.17. The minimum Gasteiger partial charge on any atom is -0.506 e. The Morgan fingerprint density at radius 2 is 1.86 bits per heavy atom. The van der Waals surface area contributed by atoms with Crippen LogP contribution in [0.1, 0.15) is 25.7 Å². The molecule has 2 N–H and O–H groups in total. The number of halogens is 4. The Labute approximate surface area is 125 Å². The molecule has 3 nitrogen and oxygen atoms in total. The maximum atomic E-state index is 12.6. The Hall–Kier alpha value is -1.43. The van der Waals surface area contributed by atoms with E-state index in [1.165, 1.54) is 18.2 Å². The van der Waals surface area contributed by atoms with E-state index in [0.717, 1.165) is 0 Å². The van der Waals surface area contributed by atoms with Gasteiger partial charge in [-0.15, -0.1) is 0 Å². The second kappa shape index (κ2) is 6.13. The number of hydrogen-bond donors (Lipinski definition) is 2. The molecule has 0 unspecified atom stereocenters. The second-order valence-electron chi connectivity index (χ2n) is 5.25. The standard InChI is InChI=1S/C14H15ClF3NO2/c15-11-7-10(5-6-12(11)20)19-13(21)8-1-3-9(4-2-8)14(16,17)18/h5-9,20H,1-4H2,(H,19,21). The number of hydrogen-bond acceptors (Lipinski definition) is 2. The average Bonchev–Trinajstić information content (AvgIpc) is 2.42. The number of alkyl halides is 3. The van der Waals surface area contributed by atoms with Crippen molar-refractivity contribution in [2.24, 2.45) is 11.8 Å². The minimum absolute atomic E-state index is 0.0160. The first-order chi connectivity index (χ1) is 9.77. The zero-order valence-electron chi connectivity index (χ0n) is 11.1. The summed E-state index contributed by atoms with van der Waals surface area (Å²) < 4.78 is 37.7. The molecule has 0 radical (unpaired) electrons. The molecular formula is C14H15ClF3NO2. The third kappa shape index (κ3) is 4.03. The number of benzene rings is 1. The lowest BCUT2D eigenvalue weighted by Gasteiger charge is -2.29. The van der Waals surface area contributed by atoms with Crippen LogP contribution in [-0.2, 0) is 4.79 Å². The lowest BCUT2D eigenvalue weighted by molar-refractivity contribution is -0.184. The molecule has 1 aromatic rings. The molecule has 0 saturated heterocycles. The van der Waals surface area contributed by atoms with E-state index in [1.807, 2.05) is 0 Å². The summed E-state index contributed by atoms with van der Waals surface area (Å²) in [5.74, 6) is -2.13. The van der Waals surface area contributed by atoms with Crippen molar-refractivity contribution in [2.45, 2.75) is 31.9 Å². The van der Waals surface area contributed by atoms with Gasteiger partial charge in [-0.3, -0.25) is 4.79 Å². The van der Waals surface area contributed by atoms with Gasteiger partial charge in [0.05, 0.1) is 10.9 Å². The normalized spacial score (nSPS) is 22.9. The van der Waals surface area contributed by atoms with Gasteiger partial charge < -0.3 is 10.4 Å². The van der Waals surface area contributed by atoms with Crippen molar-refractivity contribution in [3.63, 3.8) is 0 Å². The average molecular weight is 322 g/mol. The lowest BCUT2D eigenvalue weighted by Crippen LogP contribution is -2.32. The van der Waals surface area contributed by atoms with Gasteiger partial charge in [0.15, 0.2) is 0 Å². The summed E-state index contributed by atoms with van der Waals surface area (Å²) >= 11 is 5.73. The number of rotatable bonds is 2. The molecule has 0 bridgehead atoms. The van der Waals surface area contributed by atoms with Crippen LogP contribution in [0.3, 0.4) is 0 Å². The topological polar surface area (TPSA) is 49.3 Å². The largest absolute Gasteiger partial charge is 0.506 e. The van der Waals surface area contributed by atoms with E-state index in [9.17, 15) is 23.1 Å². The third-order valence-corrected chi connectivity index (χ3v) is 4.08. The van der Waals surface area contributed by atoms with E-state index in [2.05, 4.69) is 5.32 Å². The fraction of sp³-hybridized carbons (Fsp3) is 0.500. The molecule has 7 heteroatoms. The zero-order chi connectivity index (χ0) is 15.6. The maximum Gasteiger partial charge on any atom is 0.391 e. The van der Waals surface area contributed by atoms with Crippen molar-refractivity contribution in [1.82, 2.24) is 0 Å². The summed E-state index contributed by atoms with van der Waals surface area (Å²) in [7, 11) is 0. The third-order valence-electron chi connectivity index (χ3n) is 3.78. The quantitative estimate of drug-likeness (QED) is 0.795. The highest BCUT2D eigenvalue weighted by atomic mass is 35.5. The molecule has 2 rings (SSSR count). The molecule has 116 valence electrons. The number of phenols is 1. The smallest absolute Gasteiger partial charge is 0.391 e. The number of nitrogens with one attached hydrogen (secondary N) is 1. The highest BCUT2D eigenvalue weighted by Gasteiger charge is 2.42. The highest BCUT2D eigenvalue weighted by molar-refractivity contribution is 6.32. The predicted octanol–water partition coefficient (Wildman–Crippen LogP) is 4.35. The SMILES string of the molecule is O=C(Nc1ccc(O)c(Cl)c1)C1CCC(C(F)(F)F)CC1. The van der Waals surface area contributed by atoms with Crippen molar-refractivity contribution < 1.29 is 23.1 Å². The van der Waals surface area contributed by atoms with Crippen molar-refractivity contribution in [2.75, 3.05) is 5.32 Å². The number of phenolic OH excluding ortho intramolecular Hbond substituents is 1. The van der Waals surface area contributed by atoms with Crippen molar-refractivity contribution >= 4 is 23.2 Å². The van der Waals surface area contributed by atoms with E-state index in [1.54, 1.807) is 0 Å². The Morgan fingerprint density at radius 1 is 1.24 bits per heavy atom.